The Bertz CT molecular complexity index is 1760. The second-order valence-electron chi connectivity index (χ2n) is 17.9. The summed E-state index contributed by atoms with van der Waals surface area (Å²) < 4.78 is 0. The van der Waals surface area contributed by atoms with E-state index >= 15 is 0 Å². The van der Waals surface area contributed by atoms with Gasteiger partial charge in [0, 0.05) is 30.8 Å². The Balaban J connectivity index is 1.83. The van der Waals surface area contributed by atoms with Crippen molar-refractivity contribution in [1.82, 2.24) is 36.4 Å². The molecule has 0 aromatic heterocycles. The number of nitrogens with one attached hydrogen (secondary N) is 5. The lowest BCUT2D eigenvalue weighted by molar-refractivity contribution is -0.143. The number of carbonyl (C=O) groups is 8. The maximum atomic E-state index is 14.6. The van der Waals surface area contributed by atoms with E-state index in [-0.39, 0.29) is 44.0 Å². The highest BCUT2D eigenvalue weighted by atomic mass is 16.4. The molecule has 1 aromatic carbocycles. The molecule has 18 nitrogen and oxygen atoms in total. The summed E-state index contributed by atoms with van der Waals surface area (Å²) in [5.41, 5.74) is -0.124. The first-order valence-corrected chi connectivity index (χ1v) is 20.9. The van der Waals surface area contributed by atoms with E-state index in [2.05, 4.69) is 26.6 Å². The average Bonchev–Trinajstić information content (AvgIpc) is 3.83. The minimum Gasteiger partial charge on any atom is -0.508 e. The van der Waals surface area contributed by atoms with E-state index in [1.807, 2.05) is 13.8 Å². The molecule has 18 heteroatoms. The standard InChI is InChI=1S/C42H63N7O11/c1-22(2)18-26-20-32(52)30-10-8-17-49(30)41(60)29(19-25-12-14-27(51)15-13-25)45-38(57)31-11-9-16-48(31)35(40(59)47-42(5,6)7)23(3)43-39(58)34(24(4)50)46-37(56)28(21-33(53)54)44-36(26)55/h12-15,22-24,26,28-31,34-35,50-51H,8-11,16-21H2,1-7H3,(H,43,58)(H,44,55)(H,45,57)(H,46,56)(H,47,59)(H,53,54)/t23-,24+,26+,28-,29-,30+,31-,34-,35-/m0/s1. The molecule has 3 heterocycles. The highest BCUT2D eigenvalue weighted by Gasteiger charge is 2.45. The first kappa shape index (κ1) is 47.6. The van der Waals surface area contributed by atoms with Crippen LogP contribution in [-0.2, 0) is 44.8 Å². The zero-order valence-electron chi connectivity index (χ0n) is 35.7. The summed E-state index contributed by atoms with van der Waals surface area (Å²) in [6, 6.07) is -2.51. The van der Waals surface area contributed by atoms with Gasteiger partial charge in [-0.25, -0.2) is 0 Å². The molecule has 0 radical (unpaired) electrons. The molecule has 6 amide bonds. The molecule has 60 heavy (non-hydrogen) atoms. The molecule has 0 unspecified atom stereocenters. The van der Waals surface area contributed by atoms with Gasteiger partial charge in [0.05, 0.1) is 30.7 Å². The molecule has 0 aliphatic carbocycles. The summed E-state index contributed by atoms with van der Waals surface area (Å²) in [5, 5.41) is 43.8. The van der Waals surface area contributed by atoms with E-state index in [1.54, 1.807) is 44.7 Å². The number of aliphatic carboxylic acids is 1. The highest BCUT2D eigenvalue weighted by molar-refractivity contribution is 5.98. The van der Waals surface area contributed by atoms with E-state index in [9.17, 15) is 53.7 Å². The summed E-state index contributed by atoms with van der Waals surface area (Å²) >= 11 is 0. The van der Waals surface area contributed by atoms with Crippen LogP contribution in [0.25, 0.3) is 0 Å². The summed E-state index contributed by atoms with van der Waals surface area (Å²) in [5.74, 6) is -7.40. The third-order valence-electron chi connectivity index (χ3n) is 11.1. The average molecular weight is 842 g/mol. The van der Waals surface area contributed by atoms with E-state index in [4.69, 9.17) is 0 Å². The van der Waals surface area contributed by atoms with Gasteiger partial charge in [0.1, 0.15) is 29.9 Å². The zero-order valence-corrected chi connectivity index (χ0v) is 35.7. The molecule has 3 aliphatic rings. The number of rotatable bonds is 8. The van der Waals surface area contributed by atoms with Crippen molar-refractivity contribution in [2.75, 3.05) is 13.1 Å². The van der Waals surface area contributed by atoms with Gasteiger partial charge in [0.15, 0.2) is 5.78 Å². The van der Waals surface area contributed by atoms with Crippen molar-refractivity contribution >= 4 is 47.2 Å². The van der Waals surface area contributed by atoms with Gasteiger partial charge in [-0.15, -0.1) is 0 Å². The van der Waals surface area contributed by atoms with Crippen LogP contribution in [0, 0.1) is 11.8 Å². The van der Waals surface area contributed by atoms with E-state index in [0.717, 1.165) is 0 Å². The number of phenols is 1. The van der Waals surface area contributed by atoms with Crippen LogP contribution in [0.4, 0.5) is 0 Å². The van der Waals surface area contributed by atoms with Crippen molar-refractivity contribution in [2.24, 2.45) is 11.8 Å². The fourth-order valence-corrected chi connectivity index (χ4v) is 8.37. The largest absolute Gasteiger partial charge is 0.508 e. The molecule has 0 bridgehead atoms. The minimum atomic E-state index is -1.71. The maximum Gasteiger partial charge on any atom is 0.305 e. The van der Waals surface area contributed by atoms with Gasteiger partial charge in [-0.1, -0.05) is 26.0 Å². The quantitative estimate of drug-likeness (QED) is 0.174. The molecule has 1 aromatic rings. The van der Waals surface area contributed by atoms with Crippen molar-refractivity contribution in [3.05, 3.63) is 29.8 Å². The fourth-order valence-electron chi connectivity index (χ4n) is 8.37. The zero-order chi connectivity index (χ0) is 44.6. The molecular weight excluding hydrogens is 778 g/mol. The van der Waals surface area contributed by atoms with Crippen molar-refractivity contribution in [3.63, 3.8) is 0 Å². The van der Waals surface area contributed by atoms with Crippen molar-refractivity contribution in [3.8, 4) is 5.75 Å². The third kappa shape index (κ3) is 12.7. The van der Waals surface area contributed by atoms with Crippen LogP contribution in [0.15, 0.2) is 24.3 Å². The second-order valence-corrected chi connectivity index (χ2v) is 17.9. The lowest BCUT2D eigenvalue weighted by atomic mass is 9.89. The third-order valence-corrected chi connectivity index (χ3v) is 11.1. The molecular formula is C42H63N7O11. The Labute approximate surface area is 350 Å². The van der Waals surface area contributed by atoms with E-state index in [0.29, 0.717) is 31.2 Å². The number of carbonyl (C=O) groups excluding carboxylic acids is 7. The molecule has 0 saturated carbocycles. The van der Waals surface area contributed by atoms with Crippen molar-refractivity contribution in [1.29, 1.82) is 0 Å². The molecule has 3 aliphatic heterocycles. The van der Waals surface area contributed by atoms with Crippen LogP contribution in [0.1, 0.15) is 99.0 Å². The Morgan fingerprint density at radius 2 is 1.45 bits per heavy atom. The number of carboxylic acid groups (broad SMARTS) is 1. The SMILES string of the molecule is CC(C)C[C@@H]1CC(=O)[C@H]2CCCN2C(=O)[C@H](Cc2ccc(O)cc2)NC(=O)[C@@H]2CCCN2[C@H](C(=O)NC(C)(C)C)[C@H](C)NC(=O)[C@H]([C@@H](C)O)NC(=O)[C@H](CC(=O)O)NC1=O. The maximum absolute atomic E-state index is 14.6. The number of aliphatic hydroxyl groups is 1. The van der Waals surface area contributed by atoms with Crippen LogP contribution < -0.4 is 26.6 Å². The number of aromatic hydroxyl groups is 1. The van der Waals surface area contributed by atoms with Crippen LogP contribution in [0.5, 0.6) is 5.75 Å². The summed E-state index contributed by atoms with van der Waals surface area (Å²) in [6.07, 6.45) is -1.02. The molecule has 3 saturated heterocycles. The molecule has 3 fully saturated rings. The number of Topliss-reactive ketones (excluding diaryl/α,β-unsaturated/α-hetero) is 1. The summed E-state index contributed by atoms with van der Waals surface area (Å²) in [4.78, 5) is 114. The lowest BCUT2D eigenvalue weighted by Gasteiger charge is -2.38. The van der Waals surface area contributed by atoms with Gasteiger partial charge in [0.2, 0.25) is 35.4 Å². The lowest BCUT2D eigenvalue weighted by Crippen LogP contribution is -2.65. The van der Waals surface area contributed by atoms with Gasteiger partial charge in [0.25, 0.3) is 0 Å². The Kier molecular flexibility index (Phi) is 16.2. The number of phenolic OH excluding ortho intramolecular Hbond substituents is 1. The number of benzene rings is 1. The predicted octanol–water partition coefficient (Wildman–Crippen LogP) is 0.123. The first-order valence-electron chi connectivity index (χ1n) is 20.9. The molecule has 4 rings (SSSR count). The molecule has 332 valence electrons. The number of hydrogen-bond acceptors (Lipinski definition) is 11. The number of carboxylic acids is 1. The van der Waals surface area contributed by atoms with Crippen molar-refractivity contribution < 1.29 is 53.7 Å². The smallest absolute Gasteiger partial charge is 0.305 e. The summed E-state index contributed by atoms with van der Waals surface area (Å²) in [7, 11) is 0. The van der Waals surface area contributed by atoms with Crippen LogP contribution in [0.3, 0.4) is 0 Å². The monoisotopic (exact) mass is 841 g/mol. The van der Waals surface area contributed by atoms with E-state index in [1.165, 1.54) is 24.0 Å². The van der Waals surface area contributed by atoms with Crippen molar-refractivity contribution in [2.45, 2.75) is 154 Å². The topological polar surface area (TPSA) is 264 Å². The normalized spacial score (nSPS) is 28.7. The molecule has 0 spiro atoms. The number of ketones is 1. The van der Waals surface area contributed by atoms with E-state index < -0.39 is 113 Å². The fraction of sp³-hybridized carbons (Fsp3) is 0.667. The van der Waals surface area contributed by atoms with Crippen LogP contribution >= 0.6 is 0 Å². The number of hydrogen-bond donors (Lipinski definition) is 8. The first-order chi connectivity index (χ1) is 28.1. The predicted molar refractivity (Wildman–Crippen MR) is 218 cm³/mol. The number of amides is 6. The minimum absolute atomic E-state index is 0.000486. The van der Waals surface area contributed by atoms with Gasteiger partial charge in [-0.05, 0) is 96.9 Å². The number of nitrogens with zero attached hydrogens (tertiary/aromatic N) is 2. The number of fused-ring (bicyclic) bond motifs is 2. The number of aliphatic hydroxyl groups excluding tert-OH is 1. The molecule has 8 N–H and O–H groups in total. The van der Waals surface area contributed by atoms with Gasteiger partial charge in [-0.2, -0.15) is 0 Å². The van der Waals surface area contributed by atoms with Gasteiger partial charge < -0.3 is 46.8 Å². The van der Waals surface area contributed by atoms with Gasteiger partial charge in [-0.3, -0.25) is 43.3 Å². The second kappa shape index (κ2) is 20.4. The molecule has 9 atom stereocenters. The Morgan fingerprint density at radius 3 is 2.05 bits per heavy atom. The Morgan fingerprint density at radius 1 is 0.833 bits per heavy atom. The van der Waals surface area contributed by atoms with Crippen LogP contribution in [-0.4, -0.2) is 139 Å². The highest BCUT2D eigenvalue weighted by Crippen LogP contribution is 2.27. The summed E-state index contributed by atoms with van der Waals surface area (Å²) in [6.45, 7) is 12.2. The Hall–Kier alpha value is -5.10. The van der Waals surface area contributed by atoms with Crippen LogP contribution in [0.2, 0.25) is 0 Å². The van der Waals surface area contributed by atoms with Gasteiger partial charge >= 0.3 is 5.97 Å².